The average Bonchev–Trinajstić information content (AvgIpc) is 3.03. The molecule has 0 radical (unpaired) electrons. The number of rotatable bonds is 5. The minimum absolute atomic E-state index is 0.0171. The van der Waals surface area contributed by atoms with Gasteiger partial charge in [0.25, 0.3) is 0 Å². The number of benzene rings is 1. The molecule has 2 amide bonds. The molecule has 0 aliphatic carbocycles. The number of fused-ring (bicyclic) bond motifs is 1. The van der Waals surface area contributed by atoms with E-state index in [1.165, 1.54) is 36.1 Å². The molecule has 1 atom stereocenters. The molecule has 1 aliphatic rings. The van der Waals surface area contributed by atoms with E-state index in [4.69, 9.17) is 0 Å². The second kappa shape index (κ2) is 7.22. The maximum absolute atomic E-state index is 12.8. The SMILES string of the molecule is CN(Cc1nccn1C(F)F)C(=O)CC1Sc2ccccc2NC1=O. The van der Waals surface area contributed by atoms with Gasteiger partial charge in [0, 0.05) is 30.8 Å². The van der Waals surface area contributed by atoms with Crippen LogP contribution in [0, 0.1) is 0 Å². The molecule has 132 valence electrons. The normalized spacial score (nSPS) is 16.5. The molecule has 2 heterocycles. The number of nitrogens with one attached hydrogen (secondary N) is 1. The highest BCUT2D eigenvalue weighted by Crippen LogP contribution is 2.36. The van der Waals surface area contributed by atoms with Crippen molar-refractivity contribution in [2.75, 3.05) is 12.4 Å². The molecular formula is C16H16F2N4O2S. The van der Waals surface area contributed by atoms with E-state index in [0.29, 0.717) is 4.57 Å². The summed E-state index contributed by atoms with van der Waals surface area (Å²) in [5.41, 5.74) is 0.730. The summed E-state index contributed by atoms with van der Waals surface area (Å²) < 4.78 is 26.4. The summed E-state index contributed by atoms with van der Waals surface area (Å²) in [6.45, 7) is -2.76. The van der Waals surface area contributed by atoms with E-state index < -0.39 is 11.8 Å². The van der Waals surface area contributed by atoms with Gasteiger partial charge in [0.15, 0.2) is 0 Å². The predicted octanol–water partition coefficient (Wildman–Crippen LogP) is 2.74. The van der Waals surface area contributed by atoms with E-state index in [0.717, 1.165) is 10.6 Å². The van der Waals surface area contributed by atoms with Crippen molar-refractivity contribution >= 4 is 29.3 Å². The van der Waals surface area contributed by atoms with Crippen LogP contribution in [0.4, 0.5) is 14.5 Å². The molecule has 1 aromatic heterocycles. The van der Waals surface area contributed by atoms with E-state index in [2.05, 4.69) is 10.3 Å². The van der Waals surface area contributed by atoms with Crippen molar-refractivity contribution in [3.63, 3.8) is 0 Å². The third kappa shape index (κ3) is 3.81. The van der Waals surface area contributed by atoms with Crippen LogP contribution in [0.1, 0.15) is 18.8 Å². The number of amides is 2. The third-order valence-corrected chi connectivity index (χ3v) is 5.11. The lowest BCUT2D eigenvalue weighted by atomic mass is 10.2. The van der Waals surface area contributed by atoms with Crippen LogP contribution in [-0.2, 0) is 16.1 Å². The number of hydrogen-bond acceptors (Lipinski definition) is 4. The third-order valence-electron chi connectivity index (χ3n) is 3.83. The van der Waals surface area contributed by atoms with Gasteiger partial charge in [0.1, 0.15) is 5.82 Å². The van der Waals surface area contributed by atoms with Crippen LogP contribution in [0.3, 0.4) is 0 Å². The number of halogens is 2. The zero-order valence-electron chi connectivity index (χ0n) is 13.4. The number of imidazole rings is 1. The monoisotopic (exact) mass is 366 g/mol. The van der Waals surface area contributed by atoms with Crippen LogP contribution < -0.4 is 5.32 Å². The molecule has 0 fully saturated rings. The molecule has 0 spiro atoms. The van der Waals surface area contributed by atoms with Gasteiger partial charge < -0.3 is 10.2 Å². The average molecular weight is 366 g/mol. The van der Waals surface area contributed by atoms with Crippen molar-refractivity contribution in [1.29, 1.82) is 0 Å². The zero-order valence-corrected chi connectivity index (χ0v) is 14.2. The summed E-state index contributed by atoms with van der Waals surface area (Å²) in [5.74, 6) is -0.452. The van der Waals surface area contributed by atoms with Gasteiger partial charge in [-0.2, -0.15) is 8.78 Å². The first kappa shape index (κ1) is 17.4. The van der Waals surface area contributed by atoms with E-state index in [1.54, 1.807) is 6.07 Å². The first-order chi connectivity index (χ1) is 12.0. The van der Waals surface area contributed by atoms with Crippen LogP contribution in [-0.4, -0.2) is 38.6 Å². The smallest absolute Gasteiger partial charge is 0.319 e. The maximum atomic E-state index is 12.8. The summed E-state index contributed by atoms with van der Waals surface area (Å²) in [5, 5.41) is 2.22. The molecule has 0 bridgehead atoms. The largest absolute Gasteiger partial charge is 0.338 e. The lowest BCUT2D eigenvalue weighted by Gasteiger charge is -2.25. The van der Waals surface area contributed by atoms with Crippen molar-refractivity contribution in [2.24, 2.45) is 0 Å². The summed E-state index contributed by atoms with van der Waals surface area (Å²) >= 11 is 1.33. The molecule has 9 heteroatoms. The van der Waals surface area contributed by atoms with Crippen molar-refractivity contribution < 1.29 is 18.4 Å². The molecule has 0 saturated heterocycles. The summed E-state index contributed by atoms with van der Waals surface area (Å²) in [4.78, 5) is 30.6. The second-order valence-electron chi connectivity index (χ2n) is 5.57. The second-order valence-corrected chi connectivity index (χ2v) is 6.82. The van der Waals surface area contributed by atoms with E-state index in [-0.39, 0.29) is 30.6 Å². The van der Waals surface area contributed by atoms with Crippen LogP contribution >= 0.6 is 11.8 Å². The lowest BCUT2D eigenvalue weighted by molar-refractivity contribution is -0.132. The van der Waals surface area contributed by atoms with Gasteiger partial charge in [-0.1, -0.05) is 12.1 Å². The molecule has 1 aromatic carbocycles. The van der Waals surface area contributed by atoms with Gasteiger partial charge in [-0.15, -0.1) is 11.8 Å². The topological polar surface area (TPSA) is 67.2 Å². The number of anilines is 1. The fraction of sp³-hybridized carbons (Fsp3) is 0.312. The lowest BCUT2D eigenvalue weighted by Crippen LogP contribution is -2.36. The number of alkyl halides is 2. The van der Waals surface area contributed by atoms with Gasteiger partial charge >= 0.3 is 6.55 Å². The Hall–Kier alpha value is -2.42. The number of nitrogens with zero attached hydrogens (tertiary/aromatic N) is 3. The fourth-order valence-electron chi connectivity index (χ4n) is 2.49. The van der Waals surface area contributed by atoms with Crippen molar-refractivity contribution in [2.45, 2.75) is 29.7 Å². The molecule has 0 saturated carbocycles. The number of para-hydroxylation sites is 1. The summed E-state index contributed by atoms with van der Waals surface area (Å²) in [6.07, 6.45) is 2.41. The number of thioether (sulfide) groups is 1. The zero-order chi connectivity index (χ0) is 18.0. The van der Waals surface area contributed by atoms with E-state index in [9.17, 15) is 18.4 Å². The number of hydrogen-bond donors (Lipinski definition) is 1. The Morgan fingerprint density at radius 2 is 2.20 bits per heavy atom. The standard InChI is InChI=1S/C16H16F2N4O2S/c1-21(9-13-19-6-7-22(13)16(17)18)14(23)8-12-15(24)20-10-4-2-3-5-11(10)25-12/h2-7,12,16H,8-9H2,1H3,(H,20,24). The Balaban J connectivity index is 1.64. The minimum Gasteiger partial charge on any atom is -0.338 e. The quantitative estimate of drug-likeness (QED) is 0.884. The summed E-state index contributed by atoms with van der Waals surface area (Å²) in [7, 11) is 1.51. The molecule has 2 aromatic rings. The first-order valence-corrected chi connectivity index (χ1v) is 8.44. The van der Waals surface area contributed by atoms with Crippen molar-refractivity contribution in [3.8, 4) is 0 Å². The molecule has 1 N–H and O–H groups in total. The molecule has 3 rings (SSSR count). The molecule has 1 aliphatic heterocycles. The highest BCUT2D eigenvalue weighted by Gasteiger charge is 2.30. The van der Waals surface area contributed by atoms with Crippen molar-refractivity contribution in [3.05, 3.63) is 42.5 Å². The van der Waals surface area contributed by atoms with Crippen molar-refractivity contribution in [1.82, 2.24) is 14.5 Å². The molecule has 25 heavy (non-hydrogen) atoms. The number of carbonyl (C=O) groups is 2. The Labute approximate surface area is 147 Å². The maximum Gasteiger partial charge on any atom is 0.319 e. The van der Waals surface area contributed by atoms with Gasteiger partial charge in [-0.05, 0) is 12.1 Å². The summed E-state index contributed by atoms with van der Waals surface area (Å²) in [6, 6.07) is 7.36. The fourth-order valence-corrected chi connectivity index (χ4v) is 3.59. The molecule has 1 unspecified atom stereocenters. The highest BCUT2D eigenvalue weighted by atomic mass is 32.2. The van der Waals surface area contributed by atoms with Gasteiger partial charge in [0.2, 0.25) is 11.8 Å². The van der Waals surface area contributed by atoms with Gasteiger partial charge in [-0.3, -0.25) is 14.2 Å². The van der Waals surface area contributed by atoms with Crippen LogP contribution in [0.15, 0.2) is 41.6 Å². The predicted molar refractivity (Wildman–Crippen MR) is 89.3 cm³/mol. The Bertz CT molecular complexity index is 796. The first-order valence-electron chi connectivity index (χ1n) is 7.56. The Kier molecular flexibility index (Phi) is 5.03. The number of carbonyl (C=O) groups excluding carboxylic acids is 2. The Morgan fingerprint density at radius 3 is 2.96 bits per heavy atom. The van der Waals surface area contributed by atoms with Crippen LogP contribution in [0.2, 0.25) is 0 Å². The van der Waals surface area contributed by atoms with Crippen LogP contribution in [0.5, 0.6) is 0 Å². The van der Waals surface area contributed by atoms with Gasteiger partial charge in [0.05, 0.1) is 17.5 Å². The highest BCUT2D eigenvalue weighted by molar-refractivity contribution is 8.01. The Morgan fingerprint density at radius 1 is 1.44 bits per heavy atom. The number of aromatic nitrogens is 2. The molecule has 6 nitrogen and oxygen atoms in total. The molecular weight excluding hydrogens is 350 g/mol. The van der Waals surface area contributed by atoms with E-state index in [1.807, 2.05) is 18.2 Å². The van der Waals surface area contributed by atoms with Crippen LogP contribution in [0.25, 0.3) is 0 Å². The van der Waals surface area contributed by atoms with E-state index >= 15 is 0 Å². The van der Waals surface area contributed by atoms with Gasteiger partial charge in [-0.25, -0.2) is 4.98 Å². The minimum atomic E-state index is -2.71.